The third kappa shape index (κ3) is 2.70. The maximum absolute atomic E-state index is 10.8. The van der Waals surface area contributed by atoms with Crippen molar-refractivity contribution in [2.24, 2.45) is 5.92 Å². The van der Waals surface area contributed by atoms with Crippen molar-refractivity contribution in [2.75, 3.05) is 13.6 Å². The first-order valence-corrected chi connectivity index (χ1v) is 4.77. The number of quaternary nitrogens is 1. The van der Waals surface area contributed by atoms with Gasteiger partial charge in [-0.15, -0.1) is 0 Å². The summed E-state index contributed by atoms with van der Waals surface area (Å²) in [7, 11) is 1.91. The molecule has 1 heterocycles. The smallest absolute Gasteiger partial charge is 0.421 e. The van der Waals surface area contributed by atoms with Crippen molar-refractivity contribution in [3.63, 3.8) is 0 Å². The molecular formula is C9H16NO4+. The number of carboxylic acid groups (broad SMARTS) is 1. The second kappa shape index (κ2) is 4.41. The highest BCUT2D eigenvalue weighted by atomic mass is 16.6. The van der Waals surface area contributed by atoms with Crippen LogP contribution in [0.25, 0.3) is 0 Å². The number of piperidine rings is 1. The van der Waals surface area contributed by atoms with E-state index in [9.17, 15) is 9.59 Å². The van der Waals surface area contributed by atoms with E-state index < -0.39 is 11.9 Å². The van der Waals surface area contributed by atoms with E-state index in [-0.39, 0.29) is 6.23 Å². The number of carbonyl (C=O) groups excluding carboxylic acids is 1. The SMILES string of the molecule is CC1CC[NH+](C)C(OC(=O)C(=O)O)C1. The summed E-state index contributed by atoms with van der Waals surface area (Å²) < 4.78 is 4.86. The van der Waals surface area contributed by atoms with Gasteiger partial charge >= 0.3 is 11.9 Å². The van der Waals surface area contributed by atoms with Gasteiger partial charge in [0.2, 0.25) is 6.23 Å². The van der Waals surface area contributed by atoms with Gasteiger partial charge in [-0.25, -0.2) is 9.59 Å². The van der Waals surface area contributed by atoms with Gasteiger partial charge in [-0.1, -0.05) is 6.92 Å². The highest BCUT2D eigenvalue weighted by Gasteiger charge is 2.31. The van der Waals surface area contributed by atoms with Crippen molar-refractivity contribution >= 4 is 11.9 Å². The van der Waals surface area contributed by atoms with Gasteiger partial charge in [0.1, 0.15) is 0 Å². The minimum atomic E-state index is -1.52. The number of esters is 1. The highest BCUT2D eigenvalue weighted by molar-refractivity contribution is 6.28. The van der Waals surface area contributed by atoms with Crippen molar-refractivity contribution in [1.82, 2.24) is 0 Å². The van der Waals surface area contributed by atoms with Gasteiger partial charge in [-0.2, -0.15) is 0 Å². The third-order valence-corrected chi connectivity index (χ3v) is 2.62. The molecule has 0 radical (unpaired) electrons. The number of ether oxygens (including phenoxy) is 1. The topological polar surface area (TPSA) is 68.0 Å². The molecule has 0 aromatic heterocycles. The molecule has 2 N–H and O–H groups in total. The molecule has 0 aliphatic carbocycles. The van der Waals surface area contributed by atoms with Crippen LogP contribution in [0.5, 0.6) is 0 Å². The summed E-state index contributed by atoms with van der Waals surface area (Å²) in [6.07, 6.45) is 1.53. The van der Waals surface area contributed by atoms with E-state index >= 15 is 0 Å². The molecule has 14 heavy (non-hydrogen) atoms. The van der Waals surface area contributed by atoms with E-state index in [0.717, 1.165) is 24.3 Å². The first kappa shape index (κ1) is 11.0. The molecule has 0 aromatic rings. The van der Waals surface area contributed by atoms with Crippen molar-refractivity contribution in [3.8, 4) is 0 Å². The summed E-state index contributed by atoms with van der Waals surface area (Å²) in [5.74, 6) is -2.18. The Morgan fingerprint density at radius 1 is 1.50 bits per heavy atom. The van der Waals surface area contributed by atoms with E-state index in [2.05, 4.69) is 6.92 Å². The molecule has 5 nitrogen and oxygen atoms in total. The zero-order valence-electron chi connectivity index (χ0n) is 8.45. The second-order valence-electron chi connectivity index (χ2n) is 3.93. The average Bonchev–Trinajstić information content (AvgIpc) is 2.11. The van der Waals surface area contributed by atoms with Gasteiger partial charge in [0.05, 0.1) is 13.6 Å². The van der Waals surface area contributed by atoms with Gasteiger partial charge in [-0.3, -0.25) is 0 Å². The molecule has 3 unspecified atom stereocenters. The van der Waals surface area contributed by atoms with Crippen LogP contribution in [0, 0.1) is 5.92 Å². The minimum absolute atomic E-state index is 0.303. The molecule has 80 valence electrons. The number of nitrogens with one attached hydrogen (secondary N) is 1. The van der Waals surface area contributed by atoms with Crippen LogP contribution in [0.3, 0.4) is 0 Å². The first-order chi connectivity index (χ1) is 6.50. The molecule has 1 fully saturated rings. The largest absolute Gasteiger partial charge is 0.473 e. The van der Waals surface area contributed by atoms with E-state index in [0.29, 0.717) is 5.92 Å². The lowest BCUT2D eigenvalue weighted by Crippen LogP contribution is -3.14. The zero-order valence-corrected chi connectivity index (χ0v) is 8.45. The fourth-order valence-electron chi connectivity index (χ4n) is 1.65. The van der Waals surface area contributed by atoms with Crippen molar-refractivity contribution < 1.29 is 24.3 Å². The van der Waals surface area contributed by atoms with Crippen LogP contribution in [0.4, 0.5) is 0 Å². The Bertz CT molecular complexity index is 241. The number of rotatable bonds is 1. The molecule has 0 spiro atoms. The van der Waals surface area contributed by atoms with Gasteiger partial charge < -0.3 is 14.7 Å². The Morgan fingerprint density at radius 2 is 2.14 bits per heavy atom. The highest BCUT2D eigenvalue weighted by Crippen LogP contribution is 2.12. The summed E-state index contributed by atoms with van der Waals surface area (Å²) in [6.45, 7) is 2.99. The fraction of sp³-hybridized carbons (Fsp3) is 0.778. The molecule has 3 atom stereocenters. The van der Waals surface area contributed by atoms with Crippen LogP contribution in [-0.2, 0) is 14.3 Å². The predicted molar refractivity (Wildman–Crippen MR) is 47.7 cm³/mol. The van der Waals surface area contributed by atoms with Gasteiger partial charge in [-0.05, 0) is 12.3 Å². The van der Waals surface area contributed by atoms with Crippen molar-refractivity contribution in [2.45, 2.75) is 26.0 Å². The molecule has 0 amide bonds. The molecule has 0 saturated carbocycles. The van der Waals surface area contributed by atoms with Gasteiger partial charge in [0.15, 0.2) is 0 Å². The number of carbonyl (C=O) groups is 2. The first-order valence-electron chi connectivity index (χ1n) is 4.77. The molecule has 1 saturated heterocycles. The Kier molecular flexibility index (Phi) is 3.46. The van der Waals surface area contributed by atoms with Crippen molar-refractivity contribution in [1.29, 1.82) is 0 Å². The van der Waals surface area contributed by atoms with Crippen LogP contribution in [0.2, 0.25) is 0 Å². The van der Waals surface area contributed by atoms with Crippen LogP contribution in [0.15, 0.2) is 0 Å². The monoisotopic (exact) mass is 202 g/mol. The standard InChI is InChI=1S/C9H15NO4/c1-6-3-4-10(2)7(5-6)14-9(13)8(11)12/h6-7H,3-5H2,1-2H3,(H,11,12)/p+1. The minimum Gasteiger partial charge on any atom is -0.473 e. The van der Waals surface area contributed by atoms with Crippen LogP contribution >= 0.6 is 0 Å². The Balaban J connectivity index is 2.49. The lowest BCUT2D eigenvalue weighted by Gasteiger charge is -2.31. The number of carboxylic acids is 1. The fourth-order valence-corrected chi connectivity index (χ4v) is 1.65. The molecule has 1 rings (SSSR count). The number of hydrogen-bond donors (Lipinski definition) is 2. The number of hydrogen-bond acceptors (Lipinski definition) is 3. The predicted octanol–water partition coefficient (Wildman–Crippen LogP) is -1.12. The quantitative estimate of drug-likeness (QED) is 0.418. The Morgan fingerprint density at radius 3 is 2.71 bits per heavy atom. The van der Waals surface area contributed by atoms with Crippen LogP contribution in [0.1, 0.15) is 19.8 Å². The third-order valence-electron chi connectivity index (χ3n) is 2.62. The molecule has 1 aliphatic heterocycles. The van der Waals surface area contributed by atoms with Gasteiger partial charge in [0.25, 0.3) is 0 Å². The van der Waals surface area contributed by atoms with E-state index in [1.54, 1.807) is 0 Å². The summed E-state index contributed by atoms with van der Waals surface area (Å²) in [4.78, 5) is 22.2. The van der Waals surface area contributed by atoms with Gasteiger partial charge in [0, 0.05) is 6.42 Å². The van der Waals surface area contributed by atoms with E-state index in [4.69, 9.17) is 9.84 Å². The molecule has 1 aliphatic rings. The zero-order chi connectivity index (χ0) is 10.7. The molecule has 0 aromatic carbocycles. The number of aliphatic carboxylic acids is 1. The summed E-state index contributed by atoms with van der Waals surface area (Å²) >= 11 is 0. The van der Waals surface area contributed by atoms with Crippen LogP contribution in [-0.4, -0.2) is 36.9 Å². The summed E-state index contributed by atoms with van der Waals surface area (Å²) in [5, 5.41) is 8.38. The van der Waals surface area contributed by atoms with E-state index in [1.165, 1.54) is 0 Å². The average molecular weight is 202 g/mol. The normalized spacial score (nSPS) is 32.3. The van der Waals surface area contributed by atoms with Crippen LogP contribution < -0.4 is 4.90 Å². The summed E-state index contributed by atoms with van der Waals surface area (Å²) in [6, 6.07) is 0. The Hall–Kier alpha value is -1.10. The summed E-state index contributed by atoms with van der Waals surface area (Å²) in [5.41, 5.74) is 0. The molecule has 0 bridgehead atoms. The maximum atomic E-state index is 10.8. The maximum Gasteiger partial charge on any atom is 0.421 e. The molecular weight excluding hydrogens is 186 g/mol. The lowest BCUT2D eigenvalue weighted by atomic mass is 9.98. The lowest BCUT2D eigenvalue weighted by molar-refractivity contribution is -0.933. The molecule has 5 heteroatoms. The number of likely N-dealkylation sites (tertiary alicyclic amines) is 1. The van der Waals surface area contributed by atoms with E-state index in [1.807, 2.05) is 7.05 Å². The Labute approximate surface area is 82.6 Å². The van der Waals surface area contributed by atoms with Crippen molar-refractivity contribution in [3.05, 3.63) is 0 Å². The second-order valence-corrected chi connectivity index (χ2v) is 3.93.